The van der Waals surface area contributed by atoms with Crippen LogP contribution in [0.25, 0.3) is 0 Å². The van der Waals surface area contributed by atoms with E-state index in [0.717, 1.165) is 54.6 Å². The van der Waals surface area contributed by atoms with Gasteiger partial charge in [0.25, 0.3) is 0 Å². The number of alkyl halides is 9. The van der Waals surface area contributed by atoms with Crippen molar-refractivity contribution in [1.29, 1.82) is 0 Å². The average molecular weight is 804 g/mol. The number of anilines is 3. The van der Waals surface area contributed by atoms with Gasteiger partial charge in [-0.3, -0.25) is 0 Å². The molecule has 0 amide bonds. The maximum absolute atomic E-state index is 15.3. The summed E-state index contributed by atoms with van der Waals surface area (Å²) in [4.78, 5) is 0. The normalized spacial score (nSPS) is 12.3. The van der Waals surface area contributed by atoms with Crippen LogP contribution in [0.5, 0.6) is 34.5 Å². The lowest BCUT2D eigenvalue weighted by molar-refractivity contribution is -0.139. The third kappa shape index (κ3) is 8.50. The van der Waals surface area contributed by atoms with Gasteiger partial charge in [0, 0.05) is 51.2 Å². The van der Waals surface area contributed by atoms with Gasteiger partial charge in [0.1, 0.15) is 34.5 Å². The smallest absolute Gasteiger partial charge is 0.419 e. The predicted octanol–water partition coefficient (Wildman–Crippen LogP) is 10.5. The van der Waals surface area contributed by atoms with Crippen molar-refractivity contribution < 1.29 is 58.3 Å². The molecule has 0 aromatic heterocycles. The molecule has 6 aromatic rings. The van der Waals surface area contributed by atoms with Crippen LogP contribution in [0, 0.1) is 0 Å². The lowest BCUT2D eigenvalue weighted by Gasteiger charge is -2.22. The minimum atomic E-state index is -4.77. The van der Waals surface area contributed by atoms with Gasteiger partial charge >= 0.3 is 18.5 Å². The lowest BCUT2D eigenvalue weighted by Crippen LogP contribution is -2.25. The minimum absolute atomic E-state index is 0.00435. The van der Waals surface area contributed by atoms with Gasteiger partial charge in [-0.15, -0.1) is 0 Å². The van der Waals surface area contributed by atoms with Gasteiger partial charge in [-0.2, -0.15) is 39.5 Å². The number of nitrogen functional groups attached to an aromatic ring is 3. The van der Waals surface area contributed by atoms with Crippen molar-refractivity contribution >= 4 is 40.1 Å². The summed E-state index contributed by atoms with van der Waals surface area (Å²) in [5, 5.41) is 0.378. The van der Waals surface area contributed by atoms with Gasteiger partial charge in [0.05, 0.1) is 16.7 Å². The van der Waals surface area contributed by atoms with Gasteiger partial charge in [-0.05, 0) is 109 Å². The summed E-state index contributed by atoms with van der Waals surface area (Å²) in [6.07, 6.45) is -14.3. The maximum atomic E-state index is 15.3. The van der Waals surface area contributed by atoms with Crippen molar-refractivity contribution in [2.75, 3.05) is 17.2 Å². The molecule has 56 heavy (non-hydrogen) atoms. The van der Waals surface area contributed by atoms with Crippen LogP contribution in [0.1, 0.15) is 16.7 Å². The van der Waals surface area contributed by atoms with Crippen molar-refractivity contribution in [2.24, 2.45) is 0 Å². The molecule has 0 spiro atoms. The van der Waals surface area contributed by atoms with E-state index >= 15 is 4.57 Å². The van der Waals surface area contributed by atoms with Gasteiger partial charge < -0.3 is 36.0 Å². The SMILES string of the molecule is Nc1ccc(C(F)(F)F)c(Oc2ccc(P(=O)(c3ccc(Oc4cc(N)ccc4C(F)(F)F)cc3)c3ccc(Oc4cc(N)ccc4C(F)(F)F)cc3)cc2)c1. The second-order valence-electron chi connectivity index (χ2n) is 12.2. The third-order valence-corrected chi connectivity index (χ3v) is 11.3. The monoisotopic (exact) mass is 803 g/mol. The molecule has 0 aliphatic carbocycles. The van der Waals surface area contributed by atoms with Crippen LogP contribution in [0.4, 0.5) is 56.6 Å². The van der Waals surface area contributed by atoms with Crippen molar-refractivity contribution in [3.8, 4) is 34.5 Å². The van der Waals surface area contributed by atoms with Crippen LogP contribution >= 0.6 is 7.14 Å². The van der Waals surface area contributed by atoms with Crippen LogP contribution in [0.3, 0.4) is 0 Å². The van der Waals surface area contributed by atoms with Crippen molar-refractivity contribution in [3.63, 3.8) is 0 Å². The summed E-state index contributed by atoms with van der Waals surface area (Å²) in [7, 11) is -3.98. The molecule has 7 nitrogen and oxygen atoms in total. The molecule has 0 saturated carbocycles. The minimum Gasteiger partial charge on any atom is -0.457 e. The van der Waals surface area contributed by atoms with Crippen LogP contribution < -0.4 is 47.3 Å². The molecule has 6 rings (SSSR count). The van der Waals surface area contributed by atoms with E-state index in [1.54, 1.807) is 0 Å². The average Bonchev–Trinajstić information content (AvgIpc) is 3.11. The van der Waals surface area contributed by atoms with Gasteiger partial charge in [-0.25, -0.2) is 0 Å². The second kappa shape index (κ2) is 14.8. The number of rotatable bonds is 9. The van der Waals surface area contributed by atoms with Gasteiger partial charge in [0.15, 0.2) is 7.14 Å². The Labute approximate surface area is 312 Å². The fourth-order valence-corrected chi connectivity index (χ4v) is 8.17. The molecule has 0 aliphatic rings. The zero-order valence-electron chi connectivity index (χ0n) is 28.3. The molecule has 0 unspecified atom stereocenters. The fourth-order valence-electron chi connectivity index (χ4n) is 5.57. The number of hydrogen-bond donors (Lipinski definition) is 3. The Morgan fingerprint density at radius 2 is 0.607 bits per heavy atom. The standard InChI is InChI=1S/C39H27F9N3O4P/c40-37(41,42)31-16-1-22(49)19-34(31)53-25-4-10-28(11-5-25)56(52,29-12-6-26(7-13-29)54-35-20-23(50)2-17-32(35)38(43,44)45)30-14-8-27(9-15-30)55-36-21-24(51)3-18-33(36)39(46,47)48/h1-21H,49-51H2. The molecule has 0 heterocycles. The molecular formula is C39H27F9N3O4P. The molecule has 0 aliphatic heterocycles. The summed E-state index contributed by atoms with van der Waals surface area (Å²) >= 11 is 0. The topological polar surface area (TPSA) is 123 Å². The summed E-state index contributed by atoms with van der Waals surface area (Å²) in [6.45, 7) is 0. The van der Waals surface area contributed by atoms with E-state index in [2.05, 4.69) is 0 Å². The Bertz CT molecular complexity index is 2150. The Kier molecular flexibility index (Phi) is 10.4. The number of hydrogen-bond acceptors (Lipinski definition) is 7. The molecule has 6 aromatic carbocycles. The quantitative estimate of drug-likeness (QED) is 0.0756. The Morgan fingerprint density at radius 1 is 0.375 bits per heavy atom. The summed E-state index contributed by atoms with van der Waals surface area (Å²) in [5.41, 5.74) is 13.8. The first-order chi connectivity index (χ1) is 26.2. The molecule has 0 fully saturated rings. The van der Waals surface area contributed by atoms with Crippen LogP contribution in [-0.4, -0.2) is 0 Å². The summed E-state index contributed by atoms with van der Waals surface area (Å²) < 4.78 is 155. The van der Waals surface area contributed by atoms with Crippen molar-refractivity contribution in [3.05, 3.63) is 144 Å². The Morgan fingerprint density at radius 3 is 0.821 bits per heavy atom. The molecular weight excluding hydrogens is 776 g/mol. The zero-order valence-corrected chi connectivity index (χ0v) is 29.2. The Balaban J connectivity index is 1.38. The molecule has 0 atom stereocenters. The molecule has 0 bridgehead atoms. The number of benzene rings is 6. The van der Waals surface area contributed by atoms with Crippen LogP contribution in [0.15, 0.2) is 127 Å². The highest BCUT2D eigenvalue weighted by Gasteiger charge is 2.37. The molecule has 0 radical (unpaired) electrons. The second-order valence-corrected chi connectivity index (χ2v) is 14.9. The number of halogens is 9. The first-order valence-electron chi connectivity index (χ1n) is 16.1. The molecule has 290 valence electrons. The zero-order chi connectivity index (χ0) is 40.6. The third-order valence-electron chi connectivity index (χ3n) is 8.22. The van der Waals surface area contributed by atoms with E-state index in [4.69, 9.17) is 31.4 Å². The van der Waals surface area contributed by atoms with Crippen molar-refractivity contribution in [1.82, 2.24) is 0 Å². The van der Waals surface area contributed by atoms with Crippen LogP contribution in [-0.2, 0) is 23.1 Å². The summed E-state index contributed by atoms with van der Waals surface area (Å²) in [6, 6.07) is 24.2. The fraction of sp³-hybridized carbons (Fsp3) is 0.0769. The highest BCUT2D eigenvalue weighted by atomic mass is 31.2. The highest BCUT2D eigenvalue weighted by Crippen LogP contribution is 2.46. The van der Waals surface area contributed by atoms with E-state index in [-0.39, 0.29) is 50.2 Å². The van der Waals surface area contributed by atoms with Gasteiger partial charge in [0.2, 0.25) is 0 Å². The van der Waals surface area contributed by atoms with E-state index in [1.165, 1.54) is 72.8 Å². The maximum Gasteiger partial charge on any atom is 0.419 e. The Hall–Kier alpha value is -6.28. The molecule has 0 saturated heterocycles. The molecule has 6 N–H and O–H groups in total. The van der Waals surface area contributed by atoms with E-state index in [0.29, 0.717) is 0 Å². The lowest BCUT2D eigenvalue weighted by atomic mass is 10.1. The van der Waals surface area contributed by atoms with Gasteiger partial charge in [-0.1, -0.05) is 0 Å². The van der Waals surface area contributed by atoms with E-state index in [9.17, 15) is 39.5 Å². The first kappa shape index (κ1) is 39.4. The summed E-state index contributed by atoms with van der Waals surface area (Å²) in [5.74, 6) is -1.97. The van der Waals surface area contributed by atoms with Crippen LogP contribution in [0.2, 0.25) is 0 Å². The predicted molar refractivity (Wildman–Crippen MR) is 194 cm³/mol. The highest BCUT2D eigenvalue weighted by molar-refractivity contribution is 7.85. The number of ether oxygens (including phenoxy) is 3. The first-order valence-corrected chi connectivity index (χ1v) is 17.8. The molecule has 17 heteroatoms. The van der Waals surface area contributed by atoms with E-state index in [1.807, 2.05) is 0 Å². The van der Waals surface area contributed by atoms with Crippen molar-refractivity contribution in [2.45, 2.75) is 18.5 Å². The number of nitrogens with two attached hydrogens (primary N) is 3. The largest absolute Gasteiger partial charge is 0.457 e. The van der Waals surface area contributed by atoms with E-state index < -0.39 is 59.6 Å².